The highest BCUT2D eigenvalue weighted by Gasteiger charge is 2.16. The molecule has 0 atom stereocenters. The van der Waals surface area contributed by atoms with Crippen molar-refractivity contribution in [1.29, 1.82) is 0 Å². The predicted molar refractivity (Wildman–Crippen MR) is 84.7 cm³/mol. The molecule has 0 unspecified atom stereocenters. The van der Waals surface area contributed by atoms with Gasteiger partial charge in [0.05, 0.1) is 17.9 Å². The summed E-state index contributed by atoms with van der Waals surface area (Å²) in [5.41, 5.74) is 4.93. The average Bonchev–Trinajstić information content (AvgIpc) is 2.53. The van der Waals surface area contributed by atoms with E-state index in [0.717, 1.165) is 21.5 Å². The van der Waals surface area contributed by atoms with Gasteiger partial charge >= 0.3 is 0 Å². The molecule has 0 saturated heterocycles. The van der Waals surface area contributed by atoms with Crippen molar-refractivity contribution in [3.8, 4) is 5.75 Å². The molecule has 1 heterocycles. The second-order valence-electron chi connectivity index (χ2n) is 4.57. The van der Waals surface area contributed by atoms with Crippen molar-refractivity contribution in [2.45, 2.75) is 6.42 Å². The average molecular weight is 345 g/mol. The second-order valence-corrected chi connectivity index (χ2v) is 5.43. The monoisotopic (exact) mass is 344 g/mol. The Hall–Kier alpha value is -2.14. The number of nitrogens with zero attached hydrogens (tertiary/aromatic N) is 1. The molecular weight excluding hydrogens is 332 g/mol. The molecule has 1 amide bonds. The zero-order chi connectivity index (χ0) is 14.7. The maximum Gasteiger partial charge on any atom is 0.272 e. The van der Waals surface area contributed by atoms with Gasteiger partial charge in [-0.15, -0.1) is 0 Å². The lowest BCUT2D eigenvalue weighted by molar-refractivity contribution is 0.0954. The summed E-state index contributed by atoms with van der Waals surface area (Å²) < 4.78 is 6.31. The highest BCUT2D eigenvalue weighted by Crippen LogP contribution is 2.24. The molecule has 1 N–H and O–H groups in total. The maximum absolute atomic E-state index is 12.1. The van der Waals surface area contributed by atoms with Gasteiger partial charge in [0.15, 0.2) is 0 Å². The fourth-order valence-electron chi connectivity index (χ4n) is 2.16. The quantitative estimate of drug-likeness (QED) is 0.849. The Labute approximate surface area is 131 Å². The zero-order valence-corrected chi connectivity index (χ0v) is 12.8. The third-order valence-corrected chi connectivity index (χ3v) is 3.90. The number of hydrazone groups is 1. The molecule has 2 aromatic carbocycles. The smallest absolute Gasteiger partial charge is 0.272 e. The predicted octanol–water partition coefficient (Wildman–Crippen LogP) is 3.37. The maximum atomic E-state index is 12.1. The number of para-hydroxylation sites is 1. The third-order valence-electron chi connectivity index (χ3n) is 3.21. The normalized spacial score (nSPS) is 15.2. The molecular formula is C16H13BrN2O2. The Morgan fingerprint density at radius 2 is 1.90 bits per heavy atom. The van der Waals surface area contributed by atoms with E-state index in [1.54, 1.807) is 6.07 Å². The van der Waals surface area contributed by atoms with Crippen LogP contribution in [0, 0.1) is 0 Å². The molecule has 0 spiro atoms. The molecule has 3 rings (SSSR count). The number of halogens is 1. The van der Waals surface area contributed by atoms with Crippen LogP contribution < -0.4 is 10.2 Å². The van der Waals surface area contributed by atoms with Crippen molar-refractivity contribution in [2.75, 3.05) is 6.61 Å². The Bertz CT molecular complexity index is 713. The van der Waals surface area contributed by atoms with Crippen molar-refractivity contribution in [2.24, 2.45) is 5.10 Å². The first-order chi connectivity index (χ1) is 10.3. The molecule has 1 aliphatic rings. The summed E-state index contributed by atoms with van der Waals surface area (Å²) in [6, 6.07) is 14.9. The number of amides is 1. The van der Waals surface area contributed by atoms with Gasteiger partial charge in [-0.05, 0) is 40.2 Å². The molecule has 1 aliphatic heterocycles. The van der Waals surface area contributed by atoms with Gasteiger partial charge in [0, 0.05) is 16.5 Å². The van der Waals surface area contributed by atoms with Crippen LogP contribution in [0.15, 0.2) is 58.1 Å². The number of carbonyl (C=O) groups excluding carboxylic acids is 1. The van der Waals surface area contributed by atoms with Crippen LogP contribution in [0.3, 0.4) is 0 Å². The summed E-state index contributed by atoms with van der Waals surface area (Å²) in [7, 11) is 0. The van der Waals surface area contributed by atoms with Crippen molar-refractivity contribution >= 4 is 27.5 Å². The largest absolute Gasteiger partial charge is 0.492 e. The van der Waals surface area contributed by atoms with Crippen molar-refractivity contribution in [3.63, 3.8) is 0 Å². The SMILES string of the molecule is O=C(N/N=C1/CCOc2ccccc21)c1ccccc1Br. The first-order valence-corrected chi connectivity index (χ1v) is 7.38. The van der Waals surface area contributed by atoms with E-state index in [-0.39, 0.29) is 5.91 Å². The van der Waals surface area contributed by atoms with E-state index < -0.39 is 0 Å². The van der Waals surface area contributed by atoms with Crippen LogP contribution in [0.25, 0.3) is 0 Å². The summed E-state index contributed by atoms with van der Waals surface area (Å²) in [5.74, 6) is 0.566. The fourth-order valence-corrected chi connectivity index (χ4v) is 2.63. The first kappa shape index (κ1) is 13.8. The Morgan fingerprint density at radius 1 is 1.14 bits per heavy atom. The van der Waals surface area contributed by atoms with Crippen LogP contribution in [0.1, 0.15) is 22.3 Å². The third kappa shape index (κ3) is 2.97. The lowest BCUT2D eigenvalue weighted by Gasteiger charge is -2.18. The number of ether oxygens (including phenoxy) is 1. The number of fused-ring (bicyclic) bond motifs is 1. The van der Waals surface area contributed by atoms with Crippen LogP contribution in [0.4, 0.5) is 0 Å². The second kappa shape index (κ2) is 6.10. The highest BCUT2D eigenvalue weighted by atomic mass is 79.9. The summed E-state index contributed by atoms with van der Waals surface area (Å²) >= 11 is 3.36. The van der Waals surface area contributed by atoms with Crippen LogP contribution in [-0.4, -0.2) is 18.2 Å². The van der Waals surface area contributed by atoms with Gasteiger partial charge in [0.2, 0.25) is 0 Å². The Kier molecular flexibility index (Phi) is 4.01. The number of carbonyl (C=O) groups is 1. The van der Waals surface area contributed by atoms with Crippen molar-refractivity contribution in [3.05, 3.63) is 64.1 Å². The molecule has 0 saturated carbocycles. The van der Waals surface area contributed by atoms with Gasteiger partial charge in [-0.1, -0.05) is 24.3 Å². The summed E-state index contributed by atoms with van der Waals surface area (Å²) in [4.78, 5) is 12.1. The minimum atomic E-state index is -0.237. The minimum Gasteiger partial charge on any atom is -0.492 e. The van der Waals surface area contributed by atoms with Gasteiger partial charge in [-0.2, -0.15) is 5.10 Å². The van der Waals surface area contributed by atoms with E-state index in [0.29, 0.717) is 18.6 Å². The number of hydrogen-bond acceptors (Lipinski definition) is 3. The standard InChI is InChI=1S/C16H13BrN2O2/c17-13-7-3-1-5-11(13)16(20)19-18-14-9-10-21-15-8-4-2-6-12(14)15/h1-8H,9-10H2,(H,19,20)/b18-14-. The van der Waals surface area contributed by atoms with E-state index in [4.69, 9.17) is 4.74 Å². The fraction of sp³-hybridized carbons (Fsp3) is 0.125. The number of benzene rings is 2. The van der Waals surface area contributed by atoms with Crippen molar-refractivity contribution in [1.82, 2.24) is 5.43 Å². The molecule has 2 aromatic rings. The first-order valence-electron chi connectivity index (χ1n) is 6.59. The summed E-state index contributed by atoms with van der Waals surface area (Å²) in [6.07, 6.45) is 0.674. The molecule has 0 fully saturated rings. The Balaban J connectivity index is 1.82. The van der Waals surface area contributed by atoms with E-state index in [1.165, 1.54) is 0 Å². The lowest BCUT2D eigenvalue weighted by atomic mass is 10.0. The molecule has 4 nitrogen and oxygen atoms in total. The van der Waals surface area contributed by atoms with E-state index in [9.17, 15) is 4.79 Å². The summed E-state index contributed by atoms with van der Waals surface area (Å²) in [6.45, 7) is 0.570. The van der Waals surface area contributed by atoms with Crippen LogP contribution in [0.5, 0.6) is 5.75 Å². The van der Waals surface area contributed by atoms with Gasteiger partial charge in [-0.25, -0.2) is 5.43 Å². The highest BCUT2D eigenvalue weighted by molar-refractivity contribution is 9.10. The van der Waals surface area contributed by atoms with E-state index in [2.05, 4.69) is 26.5 Å². The van der Waals surface area contributed by atoms with E-state index >= 15 is 0 Å². The number of rotatable bonds is 2. The molecule has 0 bridgehead atoms. The van der Waals surface area contributed by atoms with Crippen molar-refractivity contribution < 1.29 is 9.53 Å². The van der Waals surface area contributed by atoms with Gasteiger partial charge in [0.1, 0.15) is 5.75 Å². The van der Waals surface area contributed by atoms with Crippen LogP contribution in [0.2, 0.25) is 0 Å². The van der Waals surface area contributed by atoms with Crippen LogP contribution in [-0.2, 0) is 0 Å². The van der Waals surface area contributed by atoms with E-state index in [1.807, 2.05) is 42.5 Å². The lowest BCUT2D eigenvalue weighted by Crippen LogP contribution is -2.23. The topological polar surface area (TPSA) is 50.7 Å². The molecule has 106 valence electrons. The molecule has 0 aliphatic carbocycles. The molecule has 5 heteroatoms. The molecule has 21 heavy (non-hydrogen) atoms. The molecule has 0 radical (unpaired) electrons. The minimum absolute atomic E-state index is 0.237. The van der Waals surface area contributed by atoms with Crippen LogP contribution >= 0.6 is 15.9 Å². The molecule has 0 aromatic heterocycles. The van der Waals surface area contributed by atoms with Gasteiger partial charge in [0.25, 0.3) is 5.91 Å². The zero-order valence-electron chi connectivity index (χ0n) is 11.2. The number of hydrogen-bond donors (Lipinski definition) is 1. The Morgan fingerprint density at radius 3 is 2.76 bits per heavy atom. The van der Waals surface area contributed by atoms with Gasteiger partial charge < -0.3 is 4.74 Å². The summed E-state index contributed by atoms with van der Waals surface area (Å²) in [5, 5.41) is 4.26. The number of nitrogens with one attached hydrogen (secondary N) is 1. The van der Waals surface area contributed by atoms with Gasteiger partial charge in [-0.3, -0.25) is 4.79 Å².